The number of benzene rings is 3. The Morgan fingerprint density at radius 2 is 1.56 bits per heavy atom. The van der Waals surface area contributed by atoms with Crippen LogP contribution in [0.1, 0.15) is 16.1 Å². The van der Waals surface area contributed by atoms with Crippen molar-refractivity contribution in [1.82, 2.24) is 4.98 Å². The molecule has 32 heavy (non-hydrogen) atoms. The van der Waals surface area contributed by atoms with Crippen molar-refractivity contribution >= 4 is 29.2 Å². The summed E-state index contributed by atoms with van der Waals surface area (Å²) < 4.78 is 6.10. The molecule has 0 fully saturated rings. The average Bonchev–Trinajstić information content (AvgIpc) is 2.79. The Balaban J connectivity index is 0.00000289. The van der Waals surface area contributed by atoms with Crippen LogP contribution in [-0.2, 0) is 6.61 Å². The third kappa shape index (κ3) is 5.52. The van der Waals surface area contributed by atoms with Crippen molar-refractivity contribution in [2.75, 3.05) is 0 Å². The number of carboxylic acids is 1. The molecule has 0 saturated heterocycles. The van der Waals surface area contributed by atoms with Gasteiger partial charge in [0.15, 0.2) is 0 Å². The molecule has 0 saturated carbocycles. The second kappa shape index (κ2) is 11.0. The van der Waals surface area contributed by atoms with Crippen LogP contribution in [0.25, 0.3) is 22.4 Å². The molecule has 0 amide bonds. The molecule has 4 aromatic rings. The minimum absolute atomic E-state index is 0. The molecule has 0 radical (unpaired) electrons. The van der Waals surface area contributed by atoms with Crippen molar-refractivity contribution in [3.05, 3.63) is 106 Å². The number of hydrogen-bond donors (Lipinski definition) is 0. The van der Waals surface area contributed by atoms with E-state index in [-0.39, 0.29) is 41.9 Å². The van der Waals surface area contributed by atoms with Crippen LogP contribution in [0, 0.1) is 0 Å². The van der Waals surface area contributed by atoms with Crippen LogP contribution in [0.2, 0.25) is 10.0 Å². The second-order valence-corrected chi connectivity index (χ2v) is 7.61. The van der Waals surface area contributed by atoms with Crippen LogP contribution in [-0.4, -0.2) is 11.0 Å². The first-order valence-corrected chi connectivity index (χ1v) is 10.2. The Bertz CT molecular complexity index is 1260. The van der Waals surface area contributed by atoms with Gasteiger partial charge in [0, 0.05) is 26.7 Å². The first kappa shape index (κ1) is 24.3. The van der Waals surface area contributed by atoms with Gasteiger partial charge < -0.3 is 14.6 Å². The third-order valence-corrected chi connectivity index (χ3v) is 5.34. The fourth-order valence-corrected chi connectivity index (χ4v) is 3.61. The van der Waals surface area contributed by atoms with Gasteiger partial charge in [0.2, 0.25) is 0 Å². The topological polar surface area (TPSA) is 62.2 Å². The number of halogens is 2. The minimum Gasteiger partial charge on any atom is -0.543 e. The maximum atomic E-state index is 11.3. The van der Waals surface area contributed by atoms with Crippen LogP contribution in [0.15, 0.2) is 84.9 Å². The molecule has 7 heteroatoms. The number of hydrogen-bond acceptors (Lipinski definition) is 4. The predicted octanol–water partition coefficient (Wildman–Crippen LogP) is 2.67. The molecular formula is C25H16Cl2NNaO3. The van der Waals surface area contributed by atoms with E-state index in [2.05, 4.69) is 4.98 Å². The minimum atomic E-state index is -1.33. The molecule has 0 aliphatic heterocycles. The molecule has 0 atom stereocenters. The molecular weight excluding hydrogens is 456 g/mol. The van der Waals surface area contributed by atoms with Crippen LogP contribution >= 0.6 is 23.2 Å². The standard InChI is InChI=1S/C25H17Cl2NO3.Na/c26-17-12-13-24(31-15-16-6-1-4-9-21(16)27)20(14-17)18-7-2-3-8-19(18)22-10-5-11-23(28-22)25(29)30;/h1-14H,15H2,(H,29,30);/q;+1/p-1. The summed E-state index contributed by atoms with van der Waals surface area (Å²) in [7, 11) is 0. The van der Waals surface area contributed by atoms with Crippen LogP contribution in [0.4, 0.5) is 0 Å². The molecule has 0 spiro atoms. The second-order valence-electron chi connectivity index (χ2n) is 6.76. The SMILES string of the molecule is O=C([O-])c1cccc(-c2ccccc2-c2cc(Cl)ccc2OCc2ccccc2Cl)n1.[Na+]. The summed E-state index contributed by atoms with van der Waals surface area (Å²) in [5, 5.41) is 12.4. The average molecular weight is 472 g/mol. The number of carboxylic acid groups (broad SMARTS) is 1. The summed E-state index contributed by atoms with van der Waals surface area (Å²) in [4.78, 5) is 15.5. The first-order valence-electron chi connectivity index (χ1n) is 9.47. The molecule has 0 unspecified atom stereocenters. The Hall–Kier alpha value is -2.34. The zero-order chi connectivity index (χ0) is 21.8. The molecule has 1 heterocycles. The fraction of sp³-hybridized carbons (Fsp3) is 0.0400. The summed E-state index contributed by atoms with van der Waals surface area (Å²) >= 11 is 12.6. The molecule has 3 aromatic carbocycles. The largest absolute Gasteiger partial charge is 1.00 e. The van der Waals surface area contributed by atoms with E-state index in [4.69, 9.17) is 27.9 Å². The van der Waals surface area contributed by atoms with Gasteiger partial charge in [-0.1, -0.05) is 71.7 Å². The van der Waals surface area contributed by atoms with E-state index in [0.717, 1.165) is 22.3 Å². The zero-order valence-corrected chi connectivity index (χ0v) is 20.7. The van der Waals surface area contributed by atoms with E-state index in [1.54, 1.807) is 24.3 Å². The van der Waals surface area contributed by atoms with Crippen LogP contribution in [0.3, 0.4) is 0 Å². The van der Waals surface area contributed by atoms with E-state index in [9.17, 15) is 9.90 Å². The van der Waals surface area contributed by atoms with E-state index >= 15 is 0 Å². The quantitative estimate of drug-likeness (QED) is 0.405. The normalized spacial score (nSPS) is 10.3. The molecule has 154 valence electrons. The van der Waals surface area contributed by atoms with E-state index in [1.807, 2.05) is 54.6 Å². The molecule has 4 nitrogen and oxygen atoms in total. The Morgan fingerprint density at radius 3 is 2.31 bits per heavy atom. The van der Waals surface area contributed by atoms with Gasteiger partial charge in [-0.05, 0) is 42.0 Å². The number of aromatic nitrogens is 1. The van der Waals surface area contributed by atoms with Crippen LogP contribution in [0.5, 0.6) is 5.75 Å². The zero-order valence-electron chi connectivity index (χ0n) is 17.2. The van der Waals surface area contributed by atoms with E-state index in [1.165, 1.54) is 6.07 Å². The third-order valence-electron chi connectivity index (χ3n) is 4.73. The van der Waals surface area contributed by atoms with Gasteiger partial charge in [-0.2, -0.15) is 0 Å². The van der Waals surface area contributed by atoms with E-state index in [0.29, 0.717) is 21.5 Å². The van der Waals surface area contributed by atoms with Gasteiger partial charge >= 0.3 is 29.6 Å². The summed E-state index contributed by atoms with van der Waals surface area (Å²) in [6.45, 7) is 0.287. The summed E-state index contributed by atoms with van der Waals surface area (Å²) in [5.41, 5.74) is 3.55. The fourth-order valence-electron chi connectivity index (χ4n) is 3.25. The van der Waals surface area contributed by atoms with Crippen molar-refractivity contribution in [3.63, 3.8) is 0 Å². The Labute approximate surface area is 218 Å². The molecule has 0 N–H and O–H groups in total. The number of nitrogens with zero attached hydrogens (tertiary/aromatic N) is 1. The van der Waals surface area contributed by atoms with Gasteiger partial charge in [0.05, 0.1) is 17.4 Å². The number of pyridine rings is 1. The van der Waals surface area contributed by atoms with Crippen molar-refractivity contribution in [1.29, 1.82) is 0 Å². The maximum absolute atomic E-state index is 11.3. The molecule has 0 bridgehead atoms. The molecule has 4 rings (SSSR count). The summed E-state index contributed by atoms with van der Waals surface area (Å²) in [5.74, 6) is -0.710. The van der Waals surface area contributed by atoms with Gasteiger partial charge in [-0.3, -0.25) is 0 Å². The Kier molecular flexibility index (Phi) is 8.35. The van der Waals surface area contributed by atoms with Gasteiger partial charge in [0.25, 0.3) is 0 Å². The number of aromatic carboxylic acids is 1. The van der Waals surface area contributed by atoms with Crippen molar-refractivity contribution in [2.24, 2.45) is 0 Å². The number of rotatable bonds is 6. The first-order chi connectivity index (χ1) is 15.0. The van der Waals surface area contributed by atoms with Crippen molar-refractivity contribution in [2.45, 2.75) is 6.61 Å². The van der Waals surface area contributed by atoms with Crippen LogP contribution < -0.4 is 39.4 Å². The predicted molar refractivity (Wildman–Crippen MR) is 120 cm³/mol. The van der Waals surface area contributed by atoms with Crippen molar-refractivity contribution < 1.29 is 44.2 Å². The molecule has 1 aromatic heterocycles. The number of carbonyl (C=O) groups is 1. The van der Waals surface area contributed by atoms with Gasteiger partial charge in [-0.15, -0.1) is 0 Å². The monoisotopic (exact) mass is 471 g/mol. The summed E-state index contributed by atoms with van der Waals surface area (Å²) in [6, 6.07) is 25.2. The van der Waals surface area contributed by atoms with Gasteiger partial charge in [-0.25, -0.2) is 4.98 Å². The number of ether oxygens (including phenoxy) is 1. The maximum Gasteiger partial charge on any atom is 1.00 e. The van der Waals surface area contributed by atoms with E-state index < -0.39 is 5.97 Å². The Morgan fingerprint density at radius 1 is 0.844 bits per heavy atom. The smallest absolute Gasteiger partial charge is 0.543 e. The number of carbonyl (C=O) groups excluding carboxylic acids is 1. The van der Waals surface area contributed by atoms with Gasteiger partial charge in [0.1, 0.15) is 12.4 Å². The molecule has 0 aliphatic carbocycles. The van der Waals surface area contributed by atoms with Crippen molar-refractivity contribution in [3.8, 4) is 28.1 Å². The summed E-state index contributed by atoms with van der Waals surface area (Å²) in [6.07, 6.45) is 0. The molecule has 0 aliphatic rings.